The van der Waals surface area contributed by atoms with Gasteiger partial charge in [0.25, 0.3) is 5.91 Å². The minimum Gasteiger partial charge on any atom is -0.337 e. The van der Waals surface area contributed by atoms with Crippen molar-refractivity contribution in [2.45, 2.75) is 6.54 Å². The monoisotopic (exact) mass is 421 g/mol. The summed E-state index contributed by atoms with van der Waals surface area (Å²) in [5.41, 5.74) is 1.05. The van der Waals surface area contributed by atoms with E-state index in [2.05, 4.69) is 31.9 Å². The minimum atomic E-state index is 0.00588. The first-order valence-corrected chi connectivity index (χ1v) is 8.20. The van der Waals surface area contributed by atoms with Crippen LogP contribution in [0.3, 0.4) is 0 Å². The van der Waals surface area contributed by atoms with Crippen LogP contribution >= 0.6 is 54.8 Å². The Bertz CT molecular complexity index is 578. The van der Waals surface area contributed by atoms with E-state index in [4.69, 9.17) is 11.6 Å². The van der Waals surface area contributed by atoms with E-state index in [0.717, 1.165) is 13.8 Å². The number of hydrogen-bond acceptors (Lipinski definition) is 2. The van der Waals surface area contributed by atoms with Gasteiger partial charge in [0.2, 0.25) is 0 Å². The molecule has 0 saturated carbocycles. The van der Waals surface area contributed by atoms with Crippen molar-refractivity contribution < 1.29 is 4.79 Å². The standard InChI is InChI=1S/C13H10Br2ClNOS/c1-17(7-8-2-4-9(16)5-3-8)13(18)11-6-10(14)12(15)19-11/h2-6H,7H2,1H3. The average Bonchev–Trinajstić information content (AvgIpc) is 2.71. The average molecular weight is 424 g/mol. The van der Waals surface area contributed by atoms with Gasteiger partial charge in [0.1, 0.15) is 0 Å². The van der Waals surface area contributed by atoms with Crippen LogP contribution in [-0.2, 0) is 6.54 Å². The lowest BCUT2D eigenvalue weighted by Crippen LogP contribution is -2.25. The quantitative estimate of drug-likeness (QED) is 0.665. The van der Waals surface area contributed by atoms with Gasteiger partial charge in [0, 0.05) is 23.1 Å². The Balaban J connectivity index is 2.09. The molecular formula is C13H10Br2ClNOS. The lowest BCUT2D eigenvalue weighted by Gasteiger charge is -2.16. The molecule has 0 N–H and O–H groups in total. The lowest BCUT2D eigenvalue weighted by atomic mass is 10.2. The molecule has 0 fully saturated rings. The molecule has 19 heavy (non-hydrogen) atoms. The third-order valence-electron chi connectivity index (χ3n) is 2.54. The minimum absolute atomic E-state index is 0.00588. The smallest absolute Gasteiger partial charge is 0.264 e. The molecule has 6 heteroatoms. The maximum Gasteiger partial charge on any atom is 0.264 e. The number of nitrogens with zero attached hydrogens (tertiary/aromatic N) is 1. The fourth-order valence-corrected chi connectivity index (χ4v) is 3.73. The van der Waals surface area contributed by atoms with E-state index >= 15 is 0 Å². The van der Waals surface area contributed by atoms with E-state index in [1.807, 2.05) is 30.3 Å². The van der Waals surface area contributed by atoms with Crippen LogP contribution in [0.1, 0.15) is 15.2 Å². The molecule has 2 nitrogen and oxygen atoms in total. The number of hydrogen-bond donors (Lipinski definition) is 0. The second-order valence-corrected chi connectivity index (χ2v) is 7.68. The first-order chi connectivity index (χ1) is 8.97. The first kappa shape index (κ1) is 15.0. The molecule has 0 spiro atoms. The van der Waals surface area contributed by atoms with Crippen molar-refractivity contribution in [3.8, 4) is 0 Å². The molecule has 2 rings (SSSR count). The molecule has 0 aliphatic heterocycles. The topological polar surface area (TPSA) is 20.3 Å². The van der Waals surface area contributed by atoms with Gasteiger partial charge in [-0.15, -0.1) is 11.3 Å². The van der Waals surface area contributed by atoms with Crippen molar-refractivity contribution >= 4 is 60.7 Å². The Kier molecular flexibility index (Phi) is 5.06. The molecule has 1 aromatic carbocycles. The molecule has 0 unspecified atom stereocenters. The number of carbonyl (C=O) groups excluding carboxylic acids is 1. The van der Waals surface area contributed by atoms with Crippen molar-refractivity contribution in [3.05, 3.63) is 54.1 Å². The Morgan fingerprint density at radius 1 is 1.32 bits per heavy atom. The largest absolute Gasteiger partial charge is 0.337 e. The predicted octanol–water partition coefficient (Wildman–Crippen LogP) is 5.20. The van der Waals surface area contributed by atoms with Crippen LogP contribution in [0, 0.1) is 0 Å². The second-order valence-electron chi connectivity index (χ2n) is 4.02. The molecule has 2 aromatic rings. The number of halogens is 3. The summed E-state index contributed by atoms with van der Waals surface area (Å²) in [6.07, 6.45) is 0. The van der Waals surface area contributed by atoms with Crippen LogP contribution in [0.5, 0.6) is 0 Å². The van der Waals surface area contributed by atoms with Crippen LogP contribution in [0.15, 0.2) is 38.6 Å². The summed E-state index contributed by atoms with van der Waals surface area (Å²) in [6, 6.07) is 9.33. The third-order valence-corrected chi connectivity index (χ3v) is 6.03. The highest BCUT2D eigenvalue weighted by Gasteiger charge is 2.16. The summed E-state index contributed by atoms with van der Waals surface area (Å²) in [5, 5.41) is 0.698. The van der Waals surface area contributed by atoms with E-state index in [-0.39, 0.29) is 5.91 Å². The van der Waals surface area contributed by atoms with Crippen molar-refractivity contribution in [1.82, 2.24) is 4.90 Å². The molecule has 1 amide bonds. The summed E-state index contributed by atoms with van der Waals surface area (Å²) < 4.78 is 1.83. The Hall–Kier alpha value is -0.360. The zero-order valence-electron chi connectivity index (χ0n) is 9.99. The lowest BCUT2D eigenvalue weighted by molar-refractivity contribution is 0.0790. The number of rotatable bonds is 3. The van der Waals surface area contributed by atoms with E-state index in [1.54, 1.807) is 11.9 Å². The molecular weight excluding hydrogens is 413 g/mol. The Labute approximate surface area is 137 Å². The highest BCUT2D eigenvalue weighted by Crippen LogP contribution is 2.33. The van der Waals surface area contributed by atoms with Gasteiger partial charge in [0.15, 0.2) is 0 Å². The van der Waals surface area contributed by atoms with Gasteiger partial charge in [-0.1, -0.05) is 23.7 Å². The zero-order chi connectivity index (χ0) is 14.0. The van der Waals surface area contributed by atoms with Gasteiger partial charge in [-0.25, -0.2) is 0 Å². The highest BCUT2D eigenvalue weighted by atomic mass is 79.9. The fourth-order valence-electron chi connectivity index (χ4n) is 1.58. The van der Waals surface area contributed by atoms with Crippen LogP contribution in [0.4, 0.5) is 0 Å². The van der Waals surface area contributed by atoms with Crippen molar-refractivity contribution in [2.75, 3.05) is 7.05 Å². The van der Waals surface area contributed by atoms with E-state index in [0.29, 0.717) is 16.4 Å². The third kappa shape index (κ3) is 3.81. The maximum absolute atomic E-state index is 12.3. The van der Waals surface area contributed by atoms with Crippen molar-refractivity contribution in [1.29, 1.82) is 0 Å². The summed E-state index contributed by atoms with van der Waals surface area (Å²) >= 11 is 14.0. The number of amides is 1. The Morgan fingerprint density at radius 3 is 2.47 bits per heavy atom. The maximum atomic E-state index is 12.3. The van der Waals surface area contributed by atoms with Crippen LogP contribution in [0.2, 0.25) is 5.02 Å². The van der Waals surface area contributed by atoms with Gasteiger partial charge in [-0.3, -0.25) is 4.79 Å². The highest BCUT2D eigenvalue weighted by molar-refractivity contribution is 9.13. The molecule has 100 valence electrons. The molecule has 0 bridgehead atoms. The Morgan fingerprint density at radius 2 is 1.95 bits per heavy atom. The number of carbonyl (C=O) groups is 1. The summed E-state index contributed by atoms with van der Waals surface area (Å²) in [7, 11) is 1.79. The molecule has 0 atom stereocenters. The fraction of sp³-hybridized carbons (Fsp3) is 0.154. The van der Waals surface area contributed by atoms with Gasteiger partial charge < -0.3 is 4.90 Å². The van der Waals surface area contributed by atoms with E-state index < -0.39 is 0 Å². The molecule has 0 radical (unpaired) electrons. The van der Waals surface area contributed by atoms with Gasteiger partial charge >= 0.3 is 0 Å². The number of benzene rings is 1. The van der Waals surface area contributed by atoms with E-state index in [9.17, 15) is 4.79 Å². The van der Waals surface area contributed by atoms with Crippen molar-refractivity contribution in [3.63, 3.8) is 0 Å². The van der Waals surface area contributed by atoms with Crippen LogP contribution < -0.4 is 0 Å². The molecule has 0 aliphatic rings. The normalized spacial score (nSPS) is 10.5. The van der Waals surface area contributed by atoms with Gasteiger partial charge in [-0.2, -0.15) is 0 Å². The molecule has 1 aromatic heterocycles. The van der Waals surface area contributed by atoms with Crippen LogP contribution in [0.25, 0.3) is 0 Å². The van der Waals surface area contributed by atoms with Gasteiger partial charge in [-0.05, 0) is 55.6 Å². The summed E-state index contributed by atoms with van der Waals surface area (Å²) in [4.78, 5) is 14.6. The summed E-state index contributed by atoms with van der Waals surface area (Å²) in [5.74, 6) is 0.00588. The zero-order valence-corrected chi connectivity index (χ0v) is 14.7. The van der Waals surface area contributed by atoms with Crippen LogP contribution in [-0.4, -0.2) is 17.9 Å². The predicted molar refractivity (Wildman–Crippen MR) is 87.0 cm³/mol. The molecule has 0 saturated heterocycles. The van der Waals surface area contributed by atoms with E-state index in [1.165, 1.54) is 11.3 Å². The SMILES string of the molecule is CN(Cc1ccc(Cl)cc1)C(=O)c1cc(Br)c(Br)s1. The van der Waals surface area contributed by atoms with Crippen molar-refractivity contribution in [2.24, 2.45) is 0 Å². The second kappa shape index (κ2) is 6.39. The van der Waals surface area contributed by atoms with Gasteiger partial charge in [0.05, 0.1) is 8.66 Å². The molecule has 1 heterocycles. The molecule has 0 aliphatic carbocycles. The first-order valence-electron chi connectivity index (χ1n) is 5.42. The summed E-state index contributed by atoms with van der Waals surface area (Å²) in [6.45, 7) is 0.559. The number of thiophene rings is 1.